The highest BCUT2D eigenvalue weighted by molar-refractivity contribution is 9.11. The van der Waals surface area contributed by atoms with E-state index in [1.54, 1.807) is 0 Å². The van der Waals surface area contributed by atoms with Gasteiger partial charge in [0.25, 0.3) is 0 Å². The molecule has 0 unspecified atom stereocenters. The summed E-state index contributed by atoms with van der Waals surface area (Å²) in [6.07, 6.45) is 2.61. The molecule has 1 aliphatic carbocycles. The summed E-state index contributed by atoms with van der Waals surface area (Å²) in [7, 11) is 0. The van der Waals surface area contributed by atoms with Crippen LogP contribution in [0.4, 0.5) is 0 Å². The summed E-state index contributed by atoms with van der Waals surface area (Å²) in [5.74, 6) is 1.74. The molecule has 1 N–H and O–H groups in total. The number of ether oxygens (including phenoxy) is 1. The van der Waals surface area contributed by atoms with E-state index in [0.717, 1.165) is 38.6 Å². The van der Waals surface area contributed by atoms with Gasteiger partial charge in [-0.15, -0.1) is 0 Å². The van der Waals surface area contributed by atoms with Gasteiger partial charge in [0, 0.05) is 17.1 Å². The van der Waals surface area contributed by atoms with Gasteiger partial charge >= 0.3 is 0 Å². The Morgan fingerprint density at radius 2 is 1.90 bits per heavy atom. The summed E-state index contributed by atoms with van der Waals surface area (Å²) in [4.78, 5) is 0. The third kappa shape index (κ3) is 4.09. The minimum absolute atomic E-state index is 0.719. The highest BCUT2D eigenvalue weighted by Gasteiger charge is 2.20. The van der Waals surface area contributed by atoms with Crippen molar-refractivity contribution in [1.29, 1.82) is 0 Å². The SMILES string of the molecule is Cc1ccc(CNC2CC2)cc1Oc1ccc(Br)cc1Br. The van der Waals surface area contributed by atoms with Gasteiger partial charge in [0.05, 0.1) is 4.47 Å². The van der Waals surface area contributed by atoms with Crippen LogP contribution in [0.1, 0.15) is 24.0 Å². The van der Waals surface area contributed by atoms with Gasteiger partial charge < -0.3 is 10.1 Å². The first kappa shape index (κ1) is 15.1. The van der Waals surface area contributed by atoms with Crippen molar-refractivity contribution < 1.29 is 4.74 Å². The lowest BCUT2D eigenvalue weighted by Crippen LogP contribution is -2.15. The Morgan fingerprint density at radius 1 is 1.10 bits per heavy atom. The van der Waals surface area contributed by atoms with Gasteiger partial charge in [-0.3, -0.25) is 0 Å². The van der Waals surface area contributed by atoms with Gasteiger partial charge in [0.1, 0.15) is 11.5 Å². The number of nitrogens with one attached hydrogen (secondary N) is 1. The molecule has 0 aliphatic heterocycles. The first-order valence-corrected chi connectivity index (χ1v) is 8.66. The minimum atomic E-state index is 0.719. The molecule has 1 saturated carbocycles. The van der Waals surface area contributed by atoms with Gasteiger partial charge in [-0.05, 0) is 71.1 Å². The summed E-state index contributed by atoms with van der Waals surface area (Å²) in [6.45, 7) is 2.98. The Bertz CT molecular complexity index is 653. The number of benzene rings is 2. The quantitative estimate of drug-likeness (QED) is 0.696. The van der Waals surface area contributed by atoms with Crippen LogP contribution < -0.4 is 10.1 Å². The number of aryl methyl sites for hydroxylation is 1. The van der Waals surface area contributed by atoms with E-state index < -0.39 is 0 Å². The van der Waals surface area contributed by atoms with Crippen LogP contribution >= 0.6 is 31.9 Å². The van der Waals surface area contributed by atoms with Crippen molar-refractivity contribution in [1.82, 2.24) is 5.32 Å². The average molecular weight is 411 g/mol. The number of hydrogen-bond acceptors (Lipinski definition) is 2. The smallest absolute Gasteiger partial charge is 0.141 e. The summed E-state index contributed by atoms with van der Waals surface area (Å²) in [6, 6.07) is 13.1. The zero-order valence-electron chi connectivity index (χ0n) is 11.8. The zero-order chi connectivity index (χ0) is 14.8. The lowest BCUT2D eigenvalue weighted by Gasteiger charge is -2.12. The predicted molar refractivity (Wildman–Crippen MR) is 93.0 cm³/mol. The molecule has 0 amide bonds. The molecule has 0 bridgehead atoms. The van der Waals surface area contributed by atoms with Crippen LogP contribution in [0.2, 0.25) is 0 Å². The Labute approximate surface area is 142 Å². The maximum Gasteiger partial charge on any atom is 0.141 e. The third-order valence-corrected chi connectivity index (χ3v) is 4.65. The summed E-state index contributed by atoms with van der Waals surface area (Å²) in [5, 5.41) is 3.53. The van der Waals surface area contributed by atoms with Crippen molar-refractivity contribution in [3.05, 3.63) is 56.5 Å². The molecule has 2 aromatic carbocycles. The second-order valence-corrected chi connectivity index (χ2v) is 7.20. The van der Waals surface area contributed by atoms with Crippen molar-refractivity contribution in [2.75, 3.05) is 0 Å². The third-order valence-electron chi connectivity index (χ3n) is 3.54. The average Bonchev–Trinajstić information content (AvgIpc) is 3.27. The monoisotopic (exact) mass is 409 g/mol. The van der Waals surface area contributed by atoms with E-state index >= 15 is 0 Å². The fraction of sp³-hybridized carbons (Fsp3) is 0.294. The van der Waals surface area contributed by atoms with Gasteiger partial charge in [-0.25, -0.2) is 0 Å². The summed E-state index contributed by atoms with van der Waals surface area (Å²) in [5.41, 5.74) is 2.40. The van der Waals surface area contributed by atoms with Gasteiger partial charge in [0.15, 0.2) is 0 Å². The molecule has 0 heterocycles. The van der Waals surface area contributed by atoms with Gasteiger partial charge in [-0.2, -0.15) is 0 Å². The van der Waals surface area contributed by atoms with E-state index in [2.05, 4.69) is 62.3 Å². The molecular formula is C17H17Br2NO. The fourth-order valence-electron chi connectivity index (χ4n) is 2.09. The van der Waals surface area contributed by atoms with Gasteiger partial charge in [-0.1, -0.05) is 28.1 Å². The van der Waals surface area contributed by atoms with E-state index in [0.29, 0.717) is 0 Å². The highest BCUT2D eigenvalue weighted by atomic mass is 79.9. The van der Waals surface area contributed by atoms with Crippen LogP contribution in [-0.2, 0) is 6.54 Å². The summed E-state index contributed by atoms with van der Waals surface area (Å²) < 4.78 is 8.03. The van der Waals surface area contributed by atoms with Gasteiger partial charge in [0.2, 0.25) is 0 Å². The van der Waals surface area contributed by atoms with E-state index in [1.807, 2.05) is 18.2 Å². The molecule has 1 aliphatic rings. The second kappa shape index (κ2) is 6.51. The molecule has 0 atom stereocenters. The molecule has 1 fully saturated rings. The largest absolute Gasteiger partial charge is 0.456 e. The number of halogens is 2. The second-order valence-electron chi connectivity index (χ2n) is 5.43. The molecule has 2 aromatic rings. The molecule has 3 rings (SSSR count). The van der Waals surface area contributed by atoms with Crippen molar-refractivity contribution in [2.45, 2.75) is 32.4 Å². The van der Waals surface area contributed by atoms with Crippen LogP contribution in [0.3, 0.4) is 0 Å². The van der Waals surface area contributed by atoms with Crippen molar-refractivity contribution in [3.8, 4) is 11.5 Å². The predicted octanol–water partition coefficient (Wildman–Crippen LogP) is 5.56. The van der Waals surface area contributed by atoms with Crippen LogP contribution in [0.15, 0.2) is 45.3 Å². The van der Waals surface area contributed by atoms with E-state index in [-0.39, 0.29) is 0 Å². The van der Waals surface area contributed by atoms with E-state index in [1.165, 1.54) is 18.4 Å². The number of hydrogen-bond donors (Lipinski definition) is 1. The molecule has 0 aromatic heterocycles. The first-order valence-electron chi connectivity index (χ1n) is 7.07. The Morgan fingerprint density at radius 3 is 2.62 bits per heavy atom. The highest BCUT2D eigenvalue weighted by Crippen LogP contribution is 2.33. The first-order chi connectivity index (χ1) is 10.1. The molecule has 21 heavy (non-hydrogen) atoms. The molecule has 110 valence electrons. The van der Waals surface area contributed by atoms with E-state index in [4.69, 9.17) is 4.74 Å². The molecule has 0 saturated heterocycles. The normalized spacial score (nSPS) is 14.2. The van der Waals surface area contributed by atoms with E-state index in [9.17, 15) is 0 Å². The van der Waals surface area contributed by atoms with Crippen molar-refractivity contribution in [3.63, 3.8) is 0 Å². The topological polar surface area (TPSA) is 21.3 Å². The Kier molecular flexibility index (Phi) is 4.67. The number of rotatable bonds is 5. The Balaban J connectivity index is 1.77. The lowest BCUT2D eigenvalue weighted by molar-refractivity contribution is 0.474. The standard InChI is InChI=1S/C17H17Br2NO/c1-11-2-3-12(10-20-14-5-6-14)8-17(11)21-16-7-4-13(18)9-15(16)19/h2-4,7-9,14,20H,5-6,10H2,1H3. The molecule has 0 spiro atoms. The molecule has 4 heteroatoms. The minimum Gasteiger partial charge on any atom is -0.456 e. The maximum absolute atomic E-state index is 6.06. The molecule has 0 radical (unpaired) electrons. The van der Waals surface area contributed by atoms with Crippen LogP contribution in [-0.4, -0.2) is 6.04 Å². The van der Waals surface area contributed by atoms with Crippen molar-refractivity contribution >= 4 is 31.9 Å². The maximum atomic E-state index is 6.06. The van der Waals surface area contributed by atoms with Crippen LogP contribution in [0.5, 0.6) is 11.5 Å². The van der Waals surface area contributed by atoms with Crippen molar-refractivity contribution in [2.24, 2.45) is 0 Å². The fourth-order valence-corrected chi connectivity index (χ4v) is 3.22. The zero-order valence-corrected chi connectivity index (χ0v) is 15.0. The lowest BCUT2D eigenvalue weighted by atomic mass is 10.1. The Hall–Kier alpha value is -0.840. The molecular weight excluding hydrogens is 394 g/mol. The van der Waals surface area contributed by atoms with Crippen LogP contribution in [0, 0.1) is 6.92 Å². The molecule has 2 nitrogen and oxygen atoms in total. The van der Waals surface area contributed by atoms with Crippen LogP contribution in [0.25, 0.3) is 0 Å². The summed E-state index contributed by atoms with van der Waals surface area (Å²) >= 11 is 6.99.